The quantitative estimate of drug-likeness (QED) is 0.761. The van der Waals surface area contributed by atoms with Crippen molar-refractivity contribution in [2.75, 3.05) is 0 Å². The summed E-state index contributed by atoms with van der Waals surface area (Å²) < 4.78 is 5.27. The van der Waals surface area contributed by atoms with Crippen LogP contribution in [0.4, 0.5) is 0 Å². The summed E-state index contributed by atoms with van der Waals surface area (Å²) in [4.78, 5) is 4.36. The van der Waals surface area contributed by atoms with Crippen LogP contribution in [-0.4, -0.2) is 15.2 Å². The van der Waals surface area contributed by atoms with Gasteiger partial charge >= 0.3 is 0 Å². The van der Waals surface area contributed by atoms with Crippen molar-refractivity contribution in [2.24, 2.45) is 5.73 Å². The van der Waals surface area contributed by atoms with E-state index in [1.165, 1.54) is 0 Å². The summed E-state index contributed by atoms with van der Waals surface area (Å²) in [7, 11) is 0. The first-order valence-corrected chi connectivity index (χ1v) is 6.19. The highest BCUT2D eigenvalue weighted by molar-refractivity contribution is 5.60. The van der Waals surface area contributed by atoms with E-state index in [0.717, 1.165) is 16.7 Å². The van der Waals surface area contributed by atoms with E-state index in [0.29, 0.717) is 18.3 Å². The zero-order valence-electron chi connectivity index (χ0n) is 10.7. The molecule has 0 bridgehead atoms. The average Bonchev–Trinajstić information content (AvgIpc) is 2.98. The third-order valence-corrected chi connectivity index (χ3v) is 2.96. The van der Waals surface area contributed by atoms with Crippen LogP contribution in [0.15, 0.2) is 53.1 Å². The van der Waals surface area contributed by atoms with Gasteiger partial charge in [0, 0.05) is 17.7 Å². The van der Waals surface area contributed by atoms with Crippen LogP contribution < -0.4 is 5.73 Å². The molecule has 3 aromatic rings. The molecule has 0 saturated heterocycles. The molecule has 0 atom stereocenters. The molecule has 5 nitrogen and oxygen atoms in total. The molecule has 3 N–H and O–H groups in total. The fourth-order valence-electron chi connectivity index (χ4n) is 1.90. The van der Waals surface area contributed by atoms with Gasteiger partial charge in [-0.25, -0.2) is 0 Å². The Morgan fingerprint density at radius 3 is 2.60 bits per heavy atom. The third kappa shape index (κ3) is 2.39. The smallest absolute Gasteiger partial charge is 0.258 e. The Bertz CT molecular complexity index is 720. The van der Waals surface area contributed by atoms with E-state index in [1.807, 2.05) is 24.3 Å². The topological polar surface area (TPSA) is 85.2 Å². The molecule has 2 aromatic carbocycles. The molecule has 0 amide bonds. The lowest BCUT2D eigenvalue weighted by Gasteiger charge is -1.98. The summed E-state index contributed by atoms with van der Waals surface area (Å²) >= 11 is 0. The van der Waals surface area contributed by atoms with Crippen molar-refractivity contribution >= 4 is 0 Å². The minimum absolute atomic E-state index is 0.202. The first-order valence-electron chi connectivity index (χ1n) is 6.19. The van der Waals surface area contributed by atoms with Gasteiger partial charge in [0.2, 0.25) is 5.82 Å². The predicted molar refractivity (Wildman–Crippen MR) is 74.7 cm³/mol. The van der Waals surface area contributed by atoms with Crippen molar-refractivity contribution in [1.82, 2.24) is 10.1 Å². The molecule has 20 heavy (non-hydrogen) atoms. The van der Waals surface area contributed by atoms with Crippen molar-refractivity contribution in [1.29, 1.82) is 0 Å². The van der Waals surface area contributed by atoms with Crippen LogP contribution >= 0.6 is 0 Å². The number of phenols is 1. The van der Waals surface area contributed by atoms with E-state index in [1.54, 1.807) is 24.3 Å². The van der Waals surface area contributed by atoms with Crippen LogP contribution in [0.2, 0.25) is 0 Å². The molecule has 0 aliphatic carbocycles. The van der Waals surface area contributed by atoms with Crippen LogP contribution in [-0.2, 0) is 6.54 Å². The second-order valence-corrected chi connectivity index (χ2v) is 4.37. The highest BCUT2D eigenvalue weighted by Gasteiger charge is 2.10. The van der Waals surface area contributed by atoms with Gasteiger partial charge in [-0.15, -0.1) is 0 Å². The molecule has 1 aromatic heterocycles. The largest absolute Gasteiger partial charge is 0.508 e. The Labute approximate surface area is 115 Å². The van der Waals surface area contributed by atoms with Gasteiger partial charge in [0.25, 0.3) is 5.89 Å². The number of aromatic hydroxyl groups is 1. The van der Waals surface area contributed by atoms with E-state index in [-0.39, 0.29) is 5.75 Å². The van der Waals surface area contributed by atoms with Crippen molar-refractivity contribution in [3.8, 4) is 28.6 Å². The number of rotatable bonds is 3. The molecule has 0 unspecified atom stereocenters. The van der Waals surface area contributed by atoms with Crippen LogP contribution in [0, 0.1) is 0 Å². The van der Waals surface area contributed by atoms with Gasteiger partial charge in [-0.2, -0.15) is 4.98 Å². The van der Waals surface area contributed by atoms with Gasteiger partial charge in [-0.1, -0.05) is 17.3 Å². The molecular weight excluding hydrogens is 254 g/mol. The van der Waals surface area contributed by atoms with E-state index < -0.39 is 0 Å². The molecular formula is C15H13N3O2. The van der Waals surface area contributed by atoms with E-state index in [9.17, 15) is 5.11 Å². The van der Waals surface area contributed by atoms with Gasteiger partial charge in [-0.3, -0.25) is 0 Å². The summed E-state index contributed by atoms with van der Waals surface area (Å²) in [5, 5.41) is 13.2. The zero-order chi connectivity index (χ0) is 13.9. The number of benzene rings is 2. The number of nitrogens with two attached hydrogens (primary N) is 1. The molecule has 1 heterocycles. The normalized spacial score (nSPS) is 10.7. The predicted octanol–water partition coefficient (Wildman–Crippen LogP) is 2.57. The third-order valence-electron chi connectivity index (χ3n) is 2.96. The molecule has 5 heteroatoms. The fourth-order valence-corrected chi connectivity index (χ4v) is 1.90. The summed E-state index contributed by atoms with van der Waals surface area (Å²) in [5.74, 6) is 1.13. The molecule has 3 rings (SSSR count). The van der Waals surface area contributed by atoms with E-state index >= 15 is 0 Å². The minimum atomic E-state index is 0.202. The molecule has 0 fully saturated rings. The molecule has 0 aliphatic rings. The second-order valence-electron chi connectivity index (χ2n) is 4.37. The van der Waals surface area contributed by atoms with Crippen molar-refractivity contribution in [3.63, 3.8) is 0 Å². The maximum atomic E-state index is 9.27. The number of nitrogens with zero attached hydrogens (tertiary/aromatic N) is 2. The number of hydrogen-bond donors (Lipinski definition) is 2. The highest BCUT2D eigenvalue weighted by Crippen LogP contribution is 2.24. The number of hydrogen-bond acceptors (Lipinski definition) is 5. The van der Waals surface area contributed by atoms with E-state index in [4.69, 9.17) is 10.3 Å². The minimum Gasteiger partial charge on any atom is -0.508 e. The first-order chi connectivity index (χ1) is 9.76. The SMILES string of the molecule is NCc1cccc(-c2nc(-c3ccc(O)cc3)no2)c1. The van der Waals surface area contributed by atoms with Gasteiger partial charge in [0.1, 0.15) is 5.75 Å². The van der Waals surface area contributed by atoms with Crippen LogP contribution in [0.3, 0.4) is 0 Å². The Balaban J connectivity index is 1.95. The van der Waals surface area contributed by atoms with Gasteiger partial charge in [-0.05, 0) is 42.0 Å². The molecule has 0 aliphatic heterocycles. The molecule has 0 spiro atoms. The average molecular weight is 267 g/mol. The van der Waals surface area contributed by atoms with Crippen LogP contribution in [0.25, 0.3) is 22.8 Å². The fraction of sp³-hybridized carbons (Fsp3) is 0.0667. The molecule has 0 saturated carbocycles. The lowest BCUT2D eigenvalue weighted by atomic mass is 10.1. The highest BCUT2D eigenvalue weighted by atomic mass is 16.5. The Kier molecular flexibility index (Phi) is 3.18. The van der Waals surface area contributed by atoms with E-state index in [2.05, 4.69) is 10.1 Å². The molecule has 100 valence electrons. The number of phenolic OH excluding ortho intramolecular Hbond substituents is 1. The summed E-state index contributed by atoms with van der Waals surface area (Å²) in [6.07, 6.45) is 0. The first kappa shape index (κ1) is 12.4. The van der Waals surface area contributed by atoms with Gasteiger partial charge in [0.05, 0.1) is 0 Å². The summed E-state index contributed by atoms with van der Waals surface area (Å²) in [6.45, 7) is 0.465. The van der Waals surface area contributed by atoms with Crippen molar-refractivity contribution in [3.05, 3.63) is 54.1 Å². The molecule has 0 radical (unpaired) electrons. The van der Waals surface area contributed by atoms with Crippen molar-refractivity contribution in [2.45, 2.75) is 6.54 Å². The second kappa shape index (κ2) is 5.14. The summed E-state index contributed by atoms with van der Waals surface area (Å²) in [6, 6.07) is 14.3. The van der Waals surface area contributed by atoms with Gasteiger partial charge in [0.15, 0.2) is 0 Å². The lowest BCUT2D eigenvalue weighted by molar-refractivity contribution is 0.432. The zero-order valence-corrected chi connectivity index (χ0v) is 10.7. The monoisotopic (exact) mass is 267 g/mol. The Morgan fingerprint density at radius 2 is 1.85 bits per heavy atom. The van der Waals surface area contributed by atoms with Crippen LogP contribution in [0.5, 0.6) is 5.75 Å². The summed E-state index contributed by atoms with van der Waals surface area (Å²) in [5.41, 5.74) is 8.25. The Hall–Kier alpha value is -2.66. The number of aromatic nitrogens is 2. The maximum Gasteiger partial charge on any atom is 0.258 e. The van der Waals surface area contributed by atoms with Crippen LogP contribution in [0.1, 0.15) is 5.56 Å². The maximum absolute atomic E-state index is 9.27. The van der Waals surface area contributed by atoms with Gasteiger partial charge < -0.3 is 15.4 Å². The standard InChI is InChI=1S/C15H13N3O2/c16-9-10-2-1-3-12(8-10)15-17-14(18-20-15)11-4-6-13(19)7-5-11/h1-8,19H,9,16H2. The lowest BCUT2D eigenvalue weighted by Crippen LogP contribution is -1.95. The van der Waals surface area contributed by atoms with Crippen molar-refractivity contribution < 1.29 is 9.63 Å². The Morgan fingerprint density at radius 1 is 1.05 bits per heavy atom.